The van der Waals surface area contributed by atoms with Crippen LogP contribution in [0, 0.1) is 16.0 Å². The fraction of sp³-hybridized carbons (Fsp3) is 0.500. The maximum Gasteiger partial charge on any atom is 0.310 e. The summed E-state index contributed by atoms with van der Waals surface area (Å²) >= 11 is 0. The summed E-state index contributed by atoms with van der Waals surface area (Å²) in [4.78, 5) is 24.0. The molecule has 1 N–H and O–H groups in total. The van der Waals surface area contributed by atoms with Crippen LogP contribution >= 0.6 is 0 Å². The molecule has 0 aromatic heterocycles. The maximum absolute atomic E-state index is 12.1. The highest BCUT2D eigenvalue weighted by molar-refractivity contribution is 5.78. The summed E-state index contributed by atoms with van der Waals surface area (Å²) in [7, 11) is 0. The van der Waals surface area contributed by atoms with E-state index in [2.05, 4.69) is 0 Å². The summed E-state index contributed by atoms with van der Waals surface area (Å²) < 4.78 is 5.28. The first-order valence-electron chi connectivity index (χ1n) is 6.81. The van der Waals surface area contributed by atoms with Crippen LogP contribution in [0.15, 0.2) is 24.3 Å². The van der Waals surface area contributed by atoms with E-state index in [1.807, 2.05) is 6.92 Å². The number of aliphatic hydroxyl groups excluding tert-OH is 1. The van der Waals surface area contributed by atoms with Crippen molar-refractivity contribution >= 4 is 11.6 Å². The number of hydrogen-bond donors (Lipinski definition) is 1. The number of nitrogens with zero attached hydrogens (tertiary/aromatic N) is 2. The van der Waals surface area contributed by atoms with Gasteiger partial charge in [-0.05, 0) is 18.4 Å². The summed E-state index contributed by atoms with van der Waals surface area (Å²) in [6.45, 7) is 2.59. The lowest BCUT2D eigenvalue weighted by atomic mass is 9.97. The van der Waals surface area contributed by atoms with Gasteiger partial charge in [-0.1, -0.05) is 19.1 Å². The lowest BCUT2D eigenvalue weighted by molar-refractivity contribution is -0.385. The molecule has 0 spiro atoms. The number of benzene rings is 1. The van der Waals surface area contributed by atoms with Crippen LogP contribution in [0.4, 0.5) is 5.69 Å². The summed E-state index contributed by atoms with van der Waals surface area (Å²) in [5.41, 5.74) is -0.160. The molecule has 1 aliphatic heterocycles. The molecule has 0 saturated carbocycles. The number of nitro benzene ring substituents is 1. The molecule has 1 aromatic carbocycles. The van der Waals surface area contributed by atoms with E-state index in [4.69, 9.17) is 4.74 Å². The van der Waals surface area contributed by atoms with Crippen LogP contribution in [0.25, 0.3) is 0 Å². The van der Waals surface area contributed by atoms with Crippen LogP contribution in [-0.2, 0) is 4.79 Å². The predicted molar refractivity (Wildman–Crippen MR) is 75.0 cm³/mol. The molecular formula is C14H18N2O5. The molecule has 0 radical (unpaired) electrons. The highest BCUT2D eigenvalue weighted by atomic mass is 16.6. The molecule has 2 atom stereocenters. The molecule has 2 unspecified atom stereocenters. The third kappa shape index (κ3) is 3.69. The van der Waals surface area contributed by atoms with Crippen molar-refractivity contribution in [2.24, 2.45) is 5.92 Å². The summed E-state index contributed by atoms with van der Waals surface area (Å²) in [6.07, 6.45) is 0.156. The van der Waals surface area contributed by atoms with Gasteiger partial charge in [-0.15, -0.1) is 0 Å². The van der Waals surface area contributed by atoms with Crippen molar-refractivity contribution in [1.82, 2.24) is 4.90 Å². The van der Waals surface area contributed by atoms with Gasteiger partial charge in [0.2, 0.25) is 0 Å². The van der Waals surface area contributed by atoms with Crippen molar-refractivity contribution in [1.29, 1.82) is 0 Å². The lowest BCUT2D eigenvalue weighted by Crippen LogP contribution is -2.46. The Morgan fingerprint density at radius 1 is 1.52 bits per heavy atom. The van der Waals surface area contributed by atoms with Gasteiger partial charge in [-0.3, -0.25) is 14.9 Å². The Bertz CT molecular complexity index is 534. The van der Waals surface area contributed by atoms with Crippen LogP contribution in [-0.4, -0.2) is 46.6 Å². The predicted octanol–water partition coefficient (Wildman–Crippen LogP) is 1.20. The van der Waals surface area contributed by atoms with Crippen molar-refractivity contribution in [2.45, 2.75) is 19.4 Å². The number of nitro groups is 1. The molecule has 7 nitrogen and oxygen atoms in total. The zero-order valence-corrected chi connectivity index (χ0v) is 11.8. The summed E-state index contributed by atoms with van der Waals surface area (Å²) in [5.74, 6) is -0.124. The van der Waals surface area contributed by atoms with Gasteiger partial charge in [-0.2, -0.15) is 0 Å². The highest BCUT2D eigenvalue weighted by Crippen LogP contribution is 2.26. The molecule has 1 saturated heterocycles. The number of ether oxygens (including phenoxy) is 1. The normalized spacial score (nSPS) is 21.9. The quantitative estimate of drug-likeness (QED) is 0.665. The van der Waals surface area contributed by atoms with Crippen LogP contribution < -0.4 is 4.74 Å². The smallest absolute Gasteiger partial charge is 0.310 e. The number of piperidine rings is 1. The molecular weight excluding hydrogens is 276 g/mol. The Hall–Kier alpha value is -2.15. The number of aliphatic hydroxyl groups is 1. The van der Waals surface area contributed by atoms with Crippen molar-refractivity contribution < 1.29 is 19.6 Å². The van der Waals surface area contributed by atoms with Crippen molar-refractivity contribution in [2.75, 3.05) is 19.7 Å². The van der Waals surface area contributed by atoms with E-state index >= 15 is 0 Å². The number of carbonyl (C=O) groups is 1. The minimum atomic E-state index is -0.543. The van der Waals surface area contributed by atoms with Crippen molar-refractivity contribution in [3.8, 4) is 5.75 Å². The molecule has 1 heterocycles. The van der Waals surface area contributed by atoms with E-state index in [0.29, 0.717) is 19.5 Å². The average Bonchev–Trinajstić information content (AvgIpc) is 2.47. The topological polar surface area (TPSA) is 92.9 Å². The monoisotopic (exact) mass is 294 g/mol. The van der Waals surface area contributed by atoms with Gasteiger partial charge in [0, 0.05) is 19.2 Å². The average molecular weight is 294 g/mol. The van der Waals surface area contributed by atoms with Crippen molar-refractivity contribution in [3.63, 3.8) is 0 Å². The SMILES string of the molecule is CC1CN(C(=O)COc2ccccc2[N+](=O)[O-])CCC1O. The van der Waals surface area contributed by atoms with Gasteiger partial charge < -0.3 is 14.7 Å². The molecule has 1 aliphatic rings. The Kier molecular flexibility index (Phi) is 4.74. The molecule has 2 rings (SSSR count). The van der Waals surface area contributed by atoms with Gasteiger partial charge in [0.15, 0.2) is 12.4 Å². The van der Waals surface area contributed by atoms with E-state index in [-0.39, 0.29) is 36.0 Å². The van der Waals surface area contributed by atoms with Gasteiger partial charge >= 0.3 is 5.69 Å². The summed E-state index contributed by atoms with van der Waals surface area (Å²) in [5, 5.41) is 20.5. The Balaban J connectivity index is 1.94. The molecule has 0 aliphatic carbocycles. The first-order chi connectivity index (χ1) is 9.99. The first kappa shape index (κ1) is 15.2. The second-order valence-corrected chi connectivity index (χ2v) is 5.19. The zero-order chi connectivity index (χ0) is 15.4. The van der Waals surface area contributed by atoms with E-state index in [0.717, 1.165) is 0 Å². The number of rotatable bonds is 4. The Morgan fingerprint density at radius 3 is 2.90 bits per heavy atom. The van der Waals surface area contributed by atoms with E-state index in [1.165, 1.54) is 12.1 Å². The van der Waals surface area contributed by atoms with E-state index in [1.54, 1.807) is 17.0 Å². The largest absolute Gasteiger partial charge is 0.477 e. The van der Waals surface area contributed by atoms with Crippen LogP contribution in [0.5, 0.6) is 5.75 Å². The Morgan fingerprint density at radius 2 is 2.24 bits per heavy atom. The fourth-order valence-electron chi connectivity index (χ4n) is 2.32. The molecule has 21 heavy (non-hydrogen) atoms. The minimum Gasteiger partial charge on any atom is -0.477 e. The van der Waals surface area contributed by atoms with Gasteiger partial charge in [0.1, 0.15) is 0 Å². The molecule has 1 aromatic rings. The third-order valence-electron chi connectivity index (χ3n) is 3.63. The number of carbonyl (C=O) groups excluding carboxylic acids is 1. The lowest BCUT2D eigenvalue weighted by Gasteiger charge is -2.34. The van der Waals surface area contributed by atoms with Crippen LogP contribution in [0.2, 0.25) is 0 Å². The second kappa shape index (κ2) is 6.53. The number of para-hydroxylation sites is 2. The molecule has 1 fully saturated rings. The highest BCUT2D eigenvalue weighted by Gasteiger charge is 2.27. The molecule has 114 valence electrons. The second-order valence-electron chi connectivity index (χ2n) is 5.19. The van der Waals surface area contributed by atoms with Gasteiger partial charge in [-0.25, -0.2) is 0 Å². The molecule has 0 bridgehead atoms. The van der Waals surface area contributed by atoms with Gasteiger partial charge in [0.05, 0.1) is 11.0 Å². The molecule has 7 heteroatoms. The fourth-order valence-corrected chi connectivity index (χ4v) is 2.32. The Labute approximate surface area is 122 Å². The van der Waals surface area contributed by atoms with E-state index in [9.17, 15) is 20.0 Å². The number of amides is 1. The van der Waals surface area contributed by atoms with Crippen molar-refractivity contribution in [3.05, 3.63) is 34.4 Å². The number of likely N-dealkylation sites (tertiary alicyclic amines) is 1. The maximum atomic E-state index is 12.1. The van der Waals surface area contributed by atoms with E-state index < -0.39 is 4.92 Å². The van der Waals surface area contributed by atoms with Crippen LogP contribution in [0.3, 0.4) is 0 Å². The summed E-state index contributed by atoms with van der Waals surface area (Å²) in [6, 6.07) is 5.96. The zero-order valence-electron chi connectivity index (χ0n) is 11.8. The third-order valence-corrected chi connectivity index (χ3v) is 3.63. The minimum absolute atomic E-state index is 0.0220. The van der Waals surface area contributed by atoms with Gasteiger partial charge in [0.25, 0.3) is 5.91 Å². The van der Waals surface area contributed by atoms with Crippen LogP contribution in [0.1, 0.15) is 13.3 Å². The number of hydrogen-bond acceptors (Lipinski definition) is 5. The first-order valence-corrected chi connectivity index (χ1v) is 6.81. The molecule has 1 amide bonds. The standard InChI is InChI=1S/C14H18N2O5/c1-10-8-15(7-6-12(10)17)14(18)9-21-13-5-3-2-4-11(13)16(19)20/h2-5,10,12,17H,6-9H2,1H3.